The van der Waals surface area contributed by atoms with Crippen LogP contribution in [0.2, 0.25) is 0 Å². The number of hydrogen-bond acceptors (Lipinski definition) is 3. The number of benzene rings is 2. The highest BCUT2D eigenvalue weighted by Crippen LogP contribution is 2.24. The van der Waals surface area contributed by atoms with E-state index in [9.17, 15) is 4.79 Å². The van der Waals surface area contributed by atoms with Crippen molar-refractivity contribution < 1.29 is 9.53 Å². The van der Waals surface area contributed by atoms with Crippen molar-refractivity contribution in [1.82, 2.24) is 0 Å². The second-order valence-electron chi connectivity index (χ2n) is 5.73. The van der Waals surface area contributed by atoms with Gasteiger partial charge in [-0.2, -0.15) is 0 Å². The maximum absolute atomic E-state index is 12.5. The van der Waals surface area contributed by atoms with E-state index >= 15 is 0 Å². The predicted octanol–water partition coefficient (Wildman–Crippen LogP) is 3.94. The van der Waals surface area contributed by atoms with Gasteiger partial charge in [-0.1, -0.05) is 18.2 Å². The molecule has 0 aliphatic heterocycles. The number of ether oxygens (including phenoxy) is 1. The molecule has 0 aliphatic carbocycles. The Balaban J connectivity index is 2.33. The van der Waals surface area contributed by atoms with E-state index in [1.807, 2.05) is 58.0 Å². The molecule has 0 heterocycles. The molecule has 2 rings (SSSR count). The smallest absolute Gasteiger partial charge is 0.274 e. The first-order valence-corrected chi connectivity index (χ1v) is 7.47. The van der Waals surface area contributed by atoms with Crippen molar-refractivity contribution in [2.45, 2.75) is 27.7 Å². The molecule has 1 amide bonds. The fraction of sp³-hybridized carbons (Fsp3) is 0.263. The highest BCUT2D eigenvalue weighted by Gasteiger charge is 2.18. The van der Waals surface area contributed by atoms with Gasteiger partial charge in [0.15, 0.2) is 0 Å². The van der Waals surface area contributed by atoms with E-state index < -0.39 is 5.91 Å². The lowest BCUT2D eigenvalue weighted by Gasteiger charge is -2.15. The Bertz CT molecular complexity index is 736. The summed E-state index contributed by atoms with van der Waals surface area (Å²) in [7, 11) is 1.60. The number of carbonyl (C=O) groups is 1. The lowest BCUT2D eigenvalue weighted by atomic mass is 9.97. The van der Waals surface area contributed by atoms with Gasteiger partial charge in [-0.25, -0.2) is 0 Å². The van der Waals surface area contributed by atoms with Gasteiger partial charge in [0, 0.05) is 11.3 Å². The summed E-state index contributed by atoms with van der Waals surface area (Å²) in [6.45, 7) is 7.64. The SMILES string of the molecule is COc1cc(C)c(C(=N)C(=O)Nc2c(C)cccc2C)c(C)c1. The maximum atomic E-state index is 12.5. The third-order valence-electron chi connectivity index (χ3n) is 3.94. The maximum Gasteiger partial charge on any atom is 0.274 e. The van der Waals surface area contributed by atoms with Crippen molar-refractivity contribution in [3.05, 3.63) is 58.1 Å². The standard InChI is InChI=1S/C19H22N2O2/c1-11-7-6-8-12(2)18(11)21-19(22)17(20)16-13(3)9-15(23-5)10-14(16)4/h6-10,20H,1-5H3,(H,21,22). The summed E-state index contributed by atoms with van der Waals surface area (Å²) >= 11 is 0. The van der Waals surface area contributed by atoms with Crippen LogP contribution in [0.3, 0.4) is 0 Å². The van der Waals surface area contributed by atoms with Gasteiger partial charge in [0.25, 0.3) is 5.91 Å². The number of amides is 1. The lowest BCUT2D eigenvalue weighted by Crippen LogP contribution is -2.25. The highest BCUT2D eigenvalue weighted by molar-refractivity contribution is 6.48. The van der Waals surface area contributed by atoms with E-state index in [1.54, 1.807) is 7.11 Å². The third kappa shape index (κ3) is 3.42. The summed E-state index contributed by atoms with van der Waals surface area (Å²) in [5.41, 5.74) is 5.04. The zero-order valence-corrected chi connectivity index (χ0v) is 14.2. The van der Waals surface area contributed by atoms with Crippen molar-refractivity contribution in [2.75, 3.05) is 12.4 Å². The van der Waals surface area contributed by atoms with E-state index in [0.717, 1.165) is 33.7 Å². The van der Waals surface area contributed by atoms with Crippen LogP contribution in [0, 0.1) is 33.1 Å². The van der Waals surface area contributed by atoms with Gasteiger partial charge in [0.2, 0.25) is 0 Å². The number of hydrogen-bond donors (Lipinski definition) is 2. The molecule has 0 atom stereocenters. The molecule has 2 aromatic carbocycles. The first-order valence-electron chi connectivity index (χ1n) is 7.47. The number of carbonyl (C=O) groups excluding carboxylic acids is 1. The molecular formula is C19H22N2O2. The quantitative estimate of drug-likeness (QED) is 0.840. The normalized spacial score (nSPS) is 10.3. The van der Waals surface area contributed by atoms with Crippen molar-refractivity contribution in [2.24, 2.45) is 0 Å². The topological polar surface area (TPSA) is 62.2 Å². The molecule has 4 nitrogen and oxygen atoms in total. The summed E-state index contributed by atoms with van der Waals surface area (Å²) in [4.78, 5) is 12.5. The number of anilines is 1. The fourth-order valence-electron chi connectivity index (χ4n) is 2.74. The molecule has 4 heteroatoms. The van der Waals surface area contributed by atoms with Crippen LogP contribution < -0.4 is 10.1 Å². The molecule has 0 fully saturated rings. The Hall–Kier alpha value is -2.62. The second kappa shape index (κ2) is 6.65. The third-order valence-corrected chi connectivity index (χ3v) is 3.94. The molecular weight excluding hydrogens is 288 g/mol. The molecule has 23 heavy (non-hydrogen) atoms. The number of rotatable bonds is 4. The number of aryl methyl sites for hydroxylation is 4. The minimum atomic E-state index is -0.404. The van der Waals surface area contributed by atoms with E-state index in [4.69, 9.17) is 10.1 Å². The fourth-order valence-corrected chi connectivity index (χ4v) is 2.74. The largest absolute Gasteiger partial charge is 0.497 e. The van der Waals surface area contributed by atoms with Gasteiger partial charge in [-0.3, -0.25) is 10.2 Å². The Morgan fingerprint density at radius 3 is 2.00 bits per heavy atom. The summed E-state index contributed by atoms with van der Waals surface area (Å²) < 4.78 is 5.23. The monoisotopic (exact) mass is 310 g/mol. The van der Waals surface area contributed by atoms with Crippen LogP contribution in [-0.4, -0.2) is 18.7 Å². The molecule has 0 saturated heterocycles. The Morgan fingerprint density at radius 1 is 1.00 bits per heavy atom. The van der Waals surface area contributed by atoms with Gasteiger partial charge in [-0.15, -0.1) is 0 Å². The Kier molecular flexibility index (Phi) is 4.84. The van der Waals surface area contributed by atoms with Crippen LogP contribution >= 0.6 is 0 Å². The van der Waals surface area contributed by atoms with Gasteiger partial charge in [-0.05, 0) is 62.1 Å². The van der Waals surface area contributed by atoms with Crippen LogP contribution in [0.5, 0.6) is 5.75 Å². The van der Waals surface area contributed by atoms with Gasteiger partial charge in [0.1, 0.15) is 11.5 Å². The zero-order chi connectivity index (χ0) is 17.1. The molecule has 120 valence electrons. The molecule has 0 bridgehead atoms. The Labute approximate surface area is 137 Å². The highest BCUT2D eigenvalue weighted by atomic mass is 16.5. The first kappa shape index (κ1) is 16.7. The molecule has 2 N–H and O–H groups in total. The number of nitrogens with one attached hydrogen (secondary N) is 2. The van der Waals surface area contributed by atoms with E-state index in [1.165, 1.54) is 0 Å². The van der Waals surface area contributed by atoms with E-state index in [0.29, 0.717) is 5.56 Å². The molecule has 0 saturated carbocycles. The molecule has 0 spiro atoms. The number of methoxy groups -OCH3 is 1. The Morgan fingerprint density at radius 2 is 1.52 bits per heavy atom. The average molecular weight is 310 g/mol. The summed E-state index contributed by atoms with van der Waals surface area (Å²) in [5, 5.41) is 11.1. The van der Waals surface area contributed by atoms with Crippen LogP contribution in [-0.2, 0) is 4.79 Å². The number of para-hydroxylation sites is 1. The summed E-state index contributed by atoms with van der Waals surface area (Å²) in [6.07, 6.45) is 0. The summed E-state index contributed by atoms with van der Waals surface area (Å²) in [5.74, 6) is 0.325. The predicted molar refractivity (Wildman–Crippen MR) is 93.8 cm³/mol. The van der Waals surface area contributed by atoms with E-state index in [-0.39, 0.29) is 5.71 Å². The second-order valence-corrected chi connectivity index (χ2v) is 5.73. The minimum Gasteiger partial charge on any atom is -0.497 e. The van der Waals surface area contributed by atoms with Crippen LogP contribution in [0.1, 0.15) is 27.8 Å². The van der Waals surface area contributed by atoms with Crippen LogP contribution in [0.4, 0.5) is 5.69 Å². The van der Waals surface area contributed by atoms with Crippen molar-refractivity contribution >= 4 is 17.3 Å². The van der Waals surface area contributed by atoms with Gasteiger partial charge in [0.05, 0.1) is 7.11 Å². The zero-order valence-electron chi connectivity index (χ0n) is 14.2. The first-order chi connectivity index (χ1) is 10.8. The van der Waals surface area contributed by atoms with E-state index in [2.05, 4.69) is 5.32 Å². The van der Waals surface area contributed by atoms with Crippen molar-refractivity contribution in [3.63, 3.8) is 0 Å². The van der Waals surface area contributed by atoms with Crippen LogP contribution in [0.25, 0.3) is 0 Å². The van der Waals surface area contributed by atoms with Gasteiger partial charge < -0.3 is 10.1 Å². The van der Waals surface area contributed by atoms with Crippen LogP contribution in [0.15, 0.2) is 30.3 Å². The molecule has 0 unspecified atom stereocenters. The minimum absolute atomic E-state index is 0.0368. The summed E-state index contributed by atoms with van der Waals surface area (Å²) in [6, 6.07) is 9.50. The molecule has 0 radical (unpaired) electrons. The molecule has 0 aromatic heterocycles. The molecule has 2 aromatic rings. The van der Waals surface area contributed by atoms with Crippen molar-refractivity contribution in [3.8, 4) is 5.75 Å². The van der Waals surface area contributed by atoms with Crippen molar-refractivity contribution in [1.29, 1.82) is 5.41 Å². The van der Waals surface area contributed by atoms with Gasteiger partial charge >= 0.3 is 0 Å². The average Bonchev–Trinajstić information content (AvgIpc) is 2.49. The lowest BCUT2D eigenvalue weighted by molar-refractivity contribution is -0.110. The molecule has 0 aliphatic rings.